The summed E-state index contributed by atoms with van der Waals surface area (Å²) in [5, 5.41) is 11.5. The third-order valence-electron chi connectivity index (χ3n) is 4.04. The molecular weight excluding hydrogens is 286 g/mol. The van der Waals surface area contributed by atoms with Crippen LogP contribution in [0, 0.1) is 6.92 Å². The number of benzene rings is 1. The largest absolute Gasteiger partial charge is 0.385 e. The van der Waals surface area contributed by atoms with E-state index in [9.17, 15) is 5.11 Å². The SMILES string of the molecule is Cc1ccnc(N2CCC(O)(c3ccc(Cl)cc3)CC2)n1. The fourth-order valence-corrected chi connectivity index (χ4v) is 2.84. The Morgan fingerprint density at radius 3 is 2.43 bits per heavy atom. The van der Waals surface area contributed by atoms with Gasteiger partial charge in [-0.3, -0.25) is 0 Å². The number of anilines is 1. The van der Waals surface area contributed by atoms with E-state index in [-0.39, 0.29) is 0 Å². The molecule has 5 heteroatoms. The maximum atomic E-state index is 10.8. The molecule has 3 rings (SSSR count). The number of aromatic nitrogens is 2. The molecule has 0 radical (unpaired) electrons. The summed E-state index contributed by atoms with van der Waals surface area (Å²) >= 11 is 5.91. The van der Waals surface area contributed by atoms with Crippen LogP contribution in [0.5, 0.6) is 0 Å². The van der Waals surface area contributed by atoms with Crippen LogP contribution in [0.4, 0.5) is 5.95 Å². The molecule has 4 nitrogen and oxygen atoms in total. The van der Waals surface area contributed by atoms with Crippen LogP contribution >= 0.6 is 11.6 Å². The number of aryl methyl sites for hydroxylation is 1. The van der Waals surface area contributed by atoms with Crippen molar-refractivity contribution in [1.29, 1.82) is 0 Å². The highest BCUT2D eigenvalue weighted by atomic mass is 35.5. The Morgan fingerprint density at radius 1 is 1.14 bits per heavy atom. The zero-order valence-corrected chi connectivity index (χ0v) is 12.7. The van der Waals surface area contributed by atoms with Crippen molar-refractivity contribution >= 4 is 17.5 Å². The third-order valence-corrected chi connectivity index (χ3v) is 4.29. The molecule has 2 aromatic rings. The van der Waals surface area contributed by atoms with E-state index in [1.54, 1.807) is 6.20 Å². The molecule has 0 atom stereocenters. The van der Waals surface area contributed by atoms with Crippen LogP contribution in [0.15, 0.2) is 36.5 Å². The van der Waals surface area contributed by atoms with Crippen LogP contribution in [0.3, 0.4) is 0 Å². The van der Waals surface area contributed by atoms with Crippen molar-refractivity contribution in [1.82, 2.24) is 9.97 Å². The molecule has 1 N–H and O–H groups in total. The second kappa shape index (κ2) is 5.62. The number of halogens is 1. The Kier molecular flexibility index (Phi) is 3.83. The lowest BCUT2D eigenvalue weighted by molar-refractivity contribution is 0.0115. The maximum Gasteiger partial charge on any atom is 0.225 e. The predicted molar refractivity (Wildman–Crippen MR) is 83.6 cm³/mol. The summed E-state index contributed by atoms with van der Waals surface area (Å²) in [4.78, 5) is 10.9. The fourth-order valence-electron chi connectivity index (χ4n) is 2.71. The summed E-state index contributed by atoms with van der Waals surface area (Å²) in [6, 6.07) is 9.34. The molecule has 0 unspecified atom stereocenters. The molecule has 1 aromatic carbocycles. The van der Waals surface area contributed by atoms with E-state index in [1.807, 2.05) is 37.3 Å². The molecule has 0 saturated carbocycles. The van der Waals surface area contributed by atoms with Gasteiger partial charge < -0.3 is 10.0 Å². The van der Waals surface area contributed by atoms with Crippen molar-refractivity contribution in [3.05, 3.63) is 52.8 Å². The van der Waals surface area contributed by atoms with Gasteiger partial charge in [0.2, 0.25) is 5.95 Å². The normalized spacial score (nSPS) is 17.8. The van der Waals surface area contributed by atoms with Crippen molar-refractivity contribution in [3.8, 4) is 0 Å². The summed E-state index contributed by atoms with van der Waals surface area (Å²) in [5.74, 6) is 0.744. The number of hydrogen-bond donors (Lipinski definition) is 1. The number of hydrogen-bond acceptors (Lipinski definition) is 4. The average Bonchev–Trinajstić information content (AvgIpc) is 2.48. The quantitative estimate of drug-likeness (QED) is 0.927. The van der Waals surface area contributed by atoms with Gasteiger partial charge >= 0.3 is 0 Å². The van der Waals surface area contributed by atoms with Gasteiger partial charge in [-0.2, -0.15) is 0 Å². The van der Waals surface area contributed by atoms with Gasteiger partial charge in [0.15, 0.2) is 0 Å². The molecule has 0 amide bonds. The lowest BCUT2D eigenvalue weighted by Crippen LogP contribution is -2.43. The van der Waals surface area contributed by atoms with Crippen LogP contribution in [-0.2, 0) is 5.60 Å². The summed E-state index contributed by atoms with van der Waals surface area (Å²) in [5.41, 5.74) is 1.10. The fraction of sp³-hybridized carbons (Fsp3) is 0.375. The topological polar surface area (TPSA) is 49.2 Å². The van der Waals surface area contributed by atoms with E-state index in [4.69, 9.17) is 11.6 Å². The summed E-state index contributed by atoms with van der Waals surface area (Å²) in [6.07, 6.45) is 3.09. The van der Waals surface area contributed by atoms with Gasteiger partial charge in [-0.15, -0.1) is 0 Å². The van der Waals surface area contributed by atoms with Crippen molar-refractivity contribution in [2.75, 3.05) is 18.0 Å². The Hall–Kier alpha value is -1.65. The van der Waals surface area contributed by atoms with Crippen LogP contribution in [-0.4, -0.2) is 28.2 Å². The average molecular weight is 304 g/mol. The molecule has 21 heavy (non-hydrogen) atoms. The molecular formula is C16H18ClN3O. The molecule has 1 aliphatic rings. The van der Waals surface area contributed by atoms with Crippen LogP contribution < -0.4 is 4.90 Å². The van der Waals surface area contributed by atoms with Crippen LogP contribution in [0.1, 0.15) is 24.1 Å². The predicted octanol–water partition coefficient (Wildman–Crippen LogP) is 2.93. The number of rotatable bonds is 2. The van der Waals surface area contributed by atoms with E-state index < -0.39 is 5.60 Å². The molecule has 110 valence electrons. The van der Waals surface area contributed by atoms with Crippen molar-refractivity contribution in [2.24, 2.45) is 0 Å². The van der Waals surface area contributed by atoms with Gasteiger partial charge in [0, 0.05) is 30.0 Å². The molecule has 1 fully saturated rings. The minimum absolute atomic E-state index is 0.659. The Labute approximate surface area is 129 Å². The molecule has 0 aliphatic carbocycles. The molecule has 0 bridgehead atoms. The minimum Gasteiger partial charge on any atom is -0.385 e. The maximum absolute atomic E-state index is 10.8. The Bertz CT molecular complexity index is 622. The number of piperidine rings is 1. The third kappa shape index (κ3) is 3.01. The highest BCUT2D eigenvalue weighted by molar-refractivity contribution is 6.30. The highest BCUT2D eigenvalue weighted by Gasteiger charge is 2.34. The van der Waals surface area contributed by atoms with Crippen LogP contribution in [0.2, 0.25) is 5.02 Å². The van der Waals surface area contributed by atoms with Gasteiger partial charge in [0.05, 0.1) is 5.60 Å². The number of aliphatic hydroxyl groups is 1. The second-order valence-corrected chi connectivity index (χ2v) is 5.96. The van der Waals surface area contributed by atoms with Gasteiger partial charge in [0.1, 0.15) is 0 Å². The van der Waals surface area contributed by atoms with Crippen molar-refractivity contribution in [3.63, 3.8) is 0 Å². The number of nitrogens with zero attached hydrogens (tertiary/aromatic N) is 3. The summed E-state index contributed by atoms with van der Waals surface area (Å²) in [7, 11) is 0. The van der Waals surface area contributed by atoms with E-state index in [2.05, 4.69) is 14.9 Å². The zero-order valence-electron chi connectivity index (χ0n) is 12.0. The summed E-state index contributed by atoms with van der Waals surface area (Å²) in [6.45, 7) is 3.43. The van der Waals surface area contributed by atoms with E-state index in [0.717, 1.165) is 30.3 Å². The van der Waals surface area contributed by atoms with E-state index in [1.165, 1.54) is 0 Å². The smallest absolute Gasteiger partial charge is 0.225 e. The first-order valence-electron chi connectivity index (χ1n) is 7.10. The lowest BCUT2D eigenvalue weighted by atomic mass is 9.84. The van der Waals surface area contributed by atoms with E-state index >= 15 is 0 Å². The Balaban J connectivity index is 1.73. The zero-order chi connectivity index (χ0) is 14.9. The monoisotopic (exact) mass is 303 g/mol. The van der Waals surface area contributed by atoms with Gasteiger partial charge in [-0.25, -0.2) is 9.97 Å². The Morgan fingerprint density at radius 2 is 1.81 bits per heavy atom. The van der Waals surface area contributed by atoms with Crippen LogP contribution in [0.25, 0.3) is 0 Å². The first-order chi connectivity index (χ1) is 10.1. The molecule has 1 aromatic heterocycles. The first-order valence-corrected chi connectivity index (χ1v) is 7.48. The lowest BCUT2D eigenvalue weighted by Gasteiger charge is -2.38. The molecule has 1 aliphatic heterocycles. The highest BCUT2D eigenvalue weighted by Crippen LogP contribution is 2.34. The first kappa shape index (κ1) is 14.3. The van der Waals surface area contributed by atoms with E-state index in [0.29, 0.717) is 17.9 Å². The van der Waals surface area contributed by atoms with Gasteiger partial charge in [-0.05, 0) is 43.5 Å². The summed E-state index contributed by atoms with van der Waals surface area (Å²) < 4.78 is 0. The molecule has 0 spiro atoms. The minimum atomic E-state index is -0.787. The standard InChI is InChI=1S/C16H18ClN3O/c1-12-6-9-18-15(19-12)20-10-7-16(21,8-11-20)13-2-4-14(17)5-3-13/h2-6,9,21H,7-8,10-11H2,1H3. The van der Waals surface area contributed by atoms with Crippen molar-refractivity contribution in [2.45, 2.75) is 25.4 Å². The van der Waals surface area contributed by atoms with Crippen molar-refractivity contribution < 1.29 is 5.11 Å². The molecule has 1 saturated heterocycles. The van der Waals surface area contributed by atoms with Gasteiger partial charge in [0.25, 0.3) is 0 Å². The van der Waals surface area contributed by atoms with Gasteiger partial charge in [-0.1, -0.05) is 23.7 Å². The molecule has 2 heterocycles. The second-order valence-electron chi connectivity index (χ2n) is 5.52.